The van der Waals surface area contributed by atoms with Crippen LogP contribution in [0.25, 0.3) is 0 Å². The number of aryl methyl sites for hydroxylation is 1. The second-order valence-electron chi connectivity index (χ2n) is 4.62. The highest BCUT2D eigenvalue weighted by Gasteiger charge is 2.11. The van der Waals surface area contributed by atoms with Gasteiger partial charge in [-0.15, -0.1) is 0 Å². The molecule has 0 amide bonds. The summed E-state index contributed by atoms with van der Waals surface area (Å²) >= 11 is 6.14. The molecule has 2 aromatic rings. The van der Waals surface area contributed by atoms with Crippen molar-refractivity contribution in [3.63, 3.8) is 0 Å². The van der Waals surface area contributed by atoms with E-state index in [1.165, 1.54) is 0 Å². The number of aliphatic hydroxyl groups is 1. The summed E-state index contributed by atoms with van der Waals surface area (Å²) in [5.74, 6) is 0.772. The van der Waals surface area contributed by atoms with Crippen molar-refractivity contribution in [3.05, 3.63) is 58.6 Å². The SMILES string of the molecule is COc1cccc(NC(CO)c2ccc(C)c(Cl)c2)c1. The van der Waals surface area contributed by atoms with Gasteiger partial charge in [0.15, 0.2) is 0 Å². The second-order valence-corrected chi connectivity index (χ2v) is 5.03. The third-order valence-corrected chi connectivity index (χ3v) is 3.60. The van der Waals surface area contributed by atoms with Crippen molar-refractivity contribution >= 4 is 17.3 Å². The van der Waals surface area contributed by atoms with Gasteiger partial charge in [0.1, 0.15) is 5.75 Å². The molecule has 1 atom stereocenters. The van der Waals surface area contributed by atoms with E-state index in [0.717, 1.165) is 22.6 Å². The number of ether oxygens (including phenoxy) is 1. The number of methoxy groups -OCH3 is 1. The minimum absolute atomic E-state index is 0.0173. The molecule has 0 aliphatic heterocycles. The fraction of sp³-hybridized carbons (Fsp3) is 0.250. The summed E-state index contributed by atoms with van der Waals surface area (Å²) in [5, 5.41) is 13.6. The molecule has 106 valence electrons. The van der Waals surface area contributed by atoms with Crippen LogP contribution in [-0.2, 0) is 0 Å². The molecule has 1 unspecified atom stereocenters. The van der Waals surface area contributed by atoms with E-state index >= 15 is 0 Å². The monoisotopic (exact) mass is 291 g/mol. The summed E-state index contributed by atoms with van der Waals surface area (Å²) in [7, 11) is 1.63. The minimum atomic E-state index is -0.208. The molecule has 0 bridgehead atoms. The lowest BCUT2D eigenvalue weighted by Gasteiger charge is -2.19. The van der Waals surface area contributed by atoms with Gasteiger partial charge in [0, 0.05) is 16.8 Å². The Kier molecular flexibility index (Phi) is 4.88. The van der Waals surface area contributed by atoms with Gasteiger partial charge in [-0.3, -0.25) is 0 Å². The molecule has 0 heterocycles. The maximum Gasteiger partial charge on any atom is 0.120 e. The molecule has 0 aliphatic rings. The highest BCUT2D eigenvalue weighted by Crippen LogP contribution is 2.25. The van der Waals surface area contributed by atoms with Crippen molar-refractivity contribution in [2.24, 2.45) is 0 Å². The van der Waals surface area contributed by atoms with Crippen molar-refractivity contribution < 1.29 is 9.84 Å². The van der Waals surface area contributed by atoms with Gasteiger partial charge in [0.25, 0.3) is 0 Å². The van der Waals surface area contributed by atoms with E-state index in [1.807, 2.05) is 49.4 Å². The first-order chi connectivity index (χ1) is 9.63. The topological polar surface area (TPSA) is 41.5 Å². The zero-order valence-electron chi connectivity index (χ0n) is 11.6. The molecular weight excluding hydrogens is 274 g/mol. The molecule has 0 saturated heterocycles. The van der Waals surface area contributed by atoms with Crippen LogP contribution in [0.1, 0.15) is 17.2 Å². The largest absolute Gasteiger partial charge is 0.497 e. The van der Waals surface area contributed by atoms with Gasteiger partial charge in [-0.05, 0) is 36.2 Å². The molecule has 20 heavy (non-hydrogen) atoms. The van der Waals surface area contributed by atoms with Crippen LogP contribution in [0.5, 0.6) is 5.75 Å². The lowest BCUT2D eigenvalue weighted by molar-refractivity contribution is 0.276. The first-order valence-corrected chi connectivity index (χ1v) is 6.79. The van der Waals surface area contributed by atoms with Gasteiger partial charge in [-0.1, -0.05) is 29.8 Å². The van der Waals surface area contributed by atoms with Gasteiger partial charge in [0.2, 0.25) is 0 Å². The first kappa shape index (κ1) is 14.7. The zero-order valence-corrected chi connectivity index (χ0v) is 12.3. The minimum Gasteiger partial charge on any atom is -0.497 e. The smallest absolute Gasteiger partial charge is 0.120 e. The predicted molar refractivity (Wildman–Crippen MR) is 82.6 cm³/mol. The molecule has 2 rings (SSSR count). The lowest BCUT2D eigenvalue weighted by atomic mass is 10.1. The fourth-order valence-corrected chi connectivity index (χ4v) is 2.16. The second kappa shape index (κ2) is 6.64. The molecule has 0 radical (unpaired) electrons. The maximum atomic E-state index is 9.59. The summed E-state index contributed by atoms with van der Waals surface area (Å²) in [6.45, 7) is 1.94. The standard InChI is InChI=1S/C16H18ClNO2/c1-11-6-7-12(8-15(11)17)16(10-19)18-13-4-3-5-14(9-13)20-2/h3-9,16,18-19H,10H2,1-2H3. The number of nitrogens with one attached hydrogen (secondary N) is 1. The van der Waals surface area contributed by atoms with Crippen molar-refractivity contribution in [2.75, 3.05) is 19.0 Å². The number of hydrogen-bond donors (Lipinski definition) is 2. The molecule has 0 aliphatic carbocycles. The fourth-order valence-electron chi connectivity index (χ4n) is 1.97. The van der Waals surface area contributed by atoms with Crippen molar-refractivity contribution in [1.82, 2.24) is 0 Å². The highest BCUT2D eigenvalue weighted by molar-refractivity contribution is 6.31. The zero-order chi connectivity index (χ0) is 14.5. The molecule has 2 N–H and O–H groups in total. The Labute approximate surface area is 124 Å². The van der Waals surface area contributed by atoms with Crippen LogP contribution in [0.15, 0.2) is 42.5 Å². The summed E-state index contributed by atoms with van der Waals surface area (Å²) in [5.41, 5.74) is 2.86. The van der Waals surface area contributed by atoms with Crippen LogP contribution in [0.4, 0.5) is 5.69 Å². The Hall–Kier alpha value is -1.71. The third-order valence-electron chi connectivity index (χ3n) is 3.19. The van der Waals surface area contributed by atoms with Crippen molar-refractivity contribution in [3.8, 4) is 5.75 Å². The van der Waals surface area contributed by atoms with Crippen LogP contribution < -0.4 is 10.1 Å². The van der Waals surface area contributed by atoms with E-state index in [-0.39, 0.29) is 12.6 Å². The molecule has 2 aromatic carbocycles. The van der Waals surface area contributed by atoms with E-state index in [1.54, 1.807) is 7.11 Å². The number of aliphatic hydroxyl groups excluding tert-OH is 1. The molecule has 0 fully saturated rings. The number of benzene rings is 2. The number of hydrogen-bond acceptors (Lipinski definition) is 3. The predicted octanol–water partition coefficient (Wildman–Crippen LogP) is 3.80. The Morgan fingerprint density at radius 1 is 1.25 bits per heavy atom. The van der Waals surface area contributed by atoms with Crippen molar-refractivity contribution in [1.29, 1.82) is 0 Å². The normalized spacial score (nSPS) is 12.0. The van der Waals surface area contributed by atoms with Crippen LogP contribution in [-0.4, -0.2) is 18.8 Å². The highest BCUT2D eigenvalue weighted by atomic mass is 35.5. The van der Waals surface area contributed by atoms with Gasteiger partial charge < -0.3 is 15.2 Å². The third kappa shape index (κ3) is 3.44. The van der Waals surface area contributed by atoms with E-state index in [9.17, 15) is 5.11 Å². The summed E-state index contributed by atoms with van der Waals surface area (Å²) < 4.78 is 5.19. The van der Waals surface area contributed by atoms with Crippen LogP contribution in [0, 0.1) is 6.92 Å². The summed E-state index contributed by atoms with van der Waals surface area (Å²) in [6, 6.07) is 13.2. The van der Waals surface area contributed by atoms with Gasteiger partial charge in [-0.25, -0.2) is 0 Å². The number of rotatable bonds is 5. The molecule has 0 spiro atoms. The maximum absolute atomic E-state index is 9.59. The average molecular weight is 292 g/mol. The Morgan fingerprint density at radius 2 is 2.05 bits per heavy atom. The average Bonchev–Trinajstić information content (AvgIpc) is 2.48. The van der Waals surface area contributed by atoms with E-state index in [0.29, 0.717) is 5.02 Å². The van der Waals surface area contributed by atoms with E-state index in [4.69, 9.17) is 16.3 Å². The van der Waals surface area contributed by atoms with E-state index in [2.05, 4.69) is 5.32 Å². The van der Waals surface area contributed by atoms with Crippen LogP contribution >= 0.6 is 11.6 Å². The quantitative estimate of drug-likeness (QED) is 0.880. The first-order valence-electron chi connectivity index (χ1n) is 6.41. The number of anilines is 1. The Bertz CT molecular complexity index is 586. The van der Waals surface area contributed by atoms with Gasteiger partial charge in [0.05, 0.1) is 19.8 Å². The number of halogens is 1. The summed E-state index contributed by atoms with van der Waals surface area (Å²) in [4.78, 5) is 0. The Morgan fingerprint density at radius 3 is 2.70 bits per heavy atom. The van der Waals surface area contributed by atoms with E-state index < -0.39 is 0 Å². The summed E-state index contributed by atoms with van der Waals surface area (Å²) in [6.07, 6.45) is 0. The van der Waals surface area contributed by atoms with Crippen molar-refractivity contribution in [2.45, 2.75) is 13.0 Å². The van der Waals surface area contributed by atoms with Crippen LogP contribution in [0.2, 0.25) is 5.02 Å². The van der Waals surface area contributed by atoms with Crippen LogP contribution in [0.3, 0.4) is 0 Å². The molecular formula is C16H18ClNO2. The molecule has 0 aromatic heterocycles. The molecule has 3 nitrogen and oxygen atoms in total. The molecule has 4 heteroatoms. The molecule has 0 saturated carbocycles. The Balaban J connectivity index is 2.21. The van der Waals surface area contributed by atoms with Gasteiger partial charge in [-0.2, -0.15) is 0 Å². The lowest BCUT2D eigenvalue weighted by Crippen LogP contribution is -2.14. The van der Waals surface area contributed by atoms with Gasteiger partial charge >= 0.3 is 0 Å².